The molecule has 106 valence electrons. The maximum absolute atomic E-state index is 13.6. The first kappa shape index (κ1) is 14.3. The van der Waals surface area contributed by atoms with Crippen LogP contribution in [0.4, 0.5) is 13.9 Å². The molecule has 0 aliphatic heterocycles. The lowest BCUT2D eigenvalue weighted by Crippen LogP contribution is -2.13. The van der Waals surface area contributed by atoms with Gasteiger partial charge in [0, 0.05) is 9.64 Å². The predicted octanol–water partition coefficient (Wildman–Crippen LogP) is 4.43. The molecule has 0 radical (unpaired) electrons. The third-order valence-electron chi connectivity index (χ3n) is 2.75. The van der Waals surface area contributed by atoms with Crippen LogP contribution in [0.5, 0.6) is 0 Å². The Morgan fingerprint density at radius 3 is 2.76 bits per heavy atom. The van der Waals surface area contributed by atoms with Crippen molar-refractivity contribution in [3.8, 4) is 0 Å². The number of hydrogen-bond acceptors (Lipinski definition) is 3. The minimum absolute atomic E-state index is 0.0551. The zero-order valence-corrected chi connectivity index (χ0v) is 13.3. The molecule has 0 aliphatic rings. The average Bonchev–Trinajstić information content (AvgIpc) is 2.81. The fourth-order valence-electron chi connectivity index (χ4n) is 1.82. The molecule has 0 unspecified atom stereocenters. The van der Waals surface area contributed by atoms with Crippen molar-refractivity contribution in [2.75, 3.05) is 5.32 Å². The summed E-state index contributed by atoms with van der Waals surface area (Å²) >= 11 is 3.08. The highest BCUT2D eigenvalue weighted by Gasteiger charge is 2.14. The molecule has 2 aromatic carbocycles. The summed E-state index contributed by atoms with van der Waals surface area (Å²) in [5.74, 6) is -1.74. The van der Waals surface area contributed by atoms with Crippen LogP contribution >= 0.6 is 33.9 Å². The molecule has 1 aromatic heterocycles. The number of nitrogens with zero attached hydrogens (tertiary/aromatic N) is 1. The Balaban J connectivity index is 1.94. The second-order valence-electron chi connectivity index (χ2n) is 4.19. The van der Waals surface area contributed by atoms with Crippen molar-refractivity contribution in [1.29, 1.82) is 0 Å². The number of carbonyl (C=O) groups excluding carboxylic acids is 1. The van der Waals surface area contributed by atoms with Gasteiger partial charge in [-0.2, -0.15) is 0 Å². The number of rotatable bonds is 2. The summed E-state index contributed by atoms with van der Waals surface area (Å²) in [5.41, 5.74) is 0.559. The van der Waals surface area contributed by atoms with Crippen LogP contribution in [0.3, 0.4) is 0 Å². The maximum atomic E-state index is 13.6. The van der Waals surface area contributed by atoms with E-state index in [2.05, 4.69) is 32.9 Å². The Bertz CT molecular complexity index is 850. The van der Waals surface area contributed by atoms with E-state index in [9.17, 15) is 13.6 Å². The number of nitrogens with one attached hydrogen (secondary N) is 1. The Kier molecular flexibility index (Phi) is 3.85. The molecule has 3 rings (SSSR count). The normalized spacial score (nSPS) is 10.8. The zero-order chi connectivity index (χ0) is 15.0. The number of aromatic nitrogens is 1. The van der Waals surface area contributed by atoms with Gasteiger partial charge in [-0.1, -0.05) is 23.5 Å². The Hall–Kier alpha value is -1.61. The summed E-state index contributed by atoms with van der Waals surface area (Å²) in [7, 11) is 0. The molecule has 1 heterocycles. The smallest absolute Gasteiger partial charge is 0.258 e. The fraction of sp³-hybridized carbons (Fsp3) is 0. The standard InChI is InChI=1S/C14H7F2IN2OS/c15-7-5-9(16)12-11(6-7)21-14(18-12)19-13(20)8-3-1-2-4-10(8)17/h1-6H,(H,18,19,20). The SMILES string of the molecule is O=C(Nc1nc2c(F)cc(F)cc2s1)c1ccccc1I. The van der Waals surface area contributed by atoms with Crippen LogP contribution in [0.2, 0.25) is 0 Å². The van der Waals surface area contributed by atoms with Crippen LogP contribution in [-0.2, 0) is 0 Å². The van der Waals surface area contributed by atoms with Crippen molar-refractivity contribution in [3.63, 3.8) is 0 Å². The summed E-state index contributed by atoms with van der Waals surface area (Å²) in [6, 6.07) is 9.04. The second-order valence-corrected chi connectivity index (χ2v) is 6.38. The van der Waals surface area contributed by atoms with E-state index in [0.717, 1.165) is 21.0 Å². The fourth-order valence-corrected chi connectivity index (χ4v) is 3.35. The van der Waals surface area contributed by atoms with Gasteiger partial charge in [-0.3, -0.25) is 10.1 Å². The number of carbonyl (C=O) groups is 1. The summed E-state index contributed by atoms with van der Waals surface area (Å²) in [4.78, 5) is 16.1. The van der Waals surface area contributed by atoms with Crippen molar-refractivity contribution in [1.82, 2.24) is 4.98 Å². The van der Waals surface area contributed by atoms with Crippen molar-refractivity contribution < 1.29 is 13.6 Å². The molecule has 0 fully saturated rings. The first-order valence-corrected chi connectivity index (χ1v) is 7.75. The van der Waals surface area contributed by atoms with E-state index in [1.807, 2.05) is 12.1 Å². The summed E-state index contributed by atoms with van der Waals surface area (Å²) in [5, 5.41) is 2.85. The zero-order valence-electron chi connectivity index (χ0n) is 10.4. The van der Waals surface area contributed by atoms with Crippen LogP contribution < -0.4 is 5.32 Å². The number of fused-ring (bicyclic) bond motifs is 1. The van der Waals surface area contributed by atoms with E-state index in [0.29, 0.717) is 10.3 Å². The van der Waals surface area contributed by atoms with Gasteiger partial charge in [-0.05, 0) is 40.8 Å². The number of hydrogen-bond donors (Lipinski definition) is 1. The van der Waals surface area contributed by atoms with E-state index >= 15 is 0 Å². The Morgan fingerprint density at radius 1 is 1.24 bits per heavy atom. The molecule has 7 heteroatoms. The van der Waals surface area contributed by atoms with Gasteiger partial charge < -0.3 is 0 Å². The molecule has 21 heavy (non-hydrogen) atoms. The van der Waals surface area contributed by atoms with Crippen LogP contribution in [0, 0.1) is 15.2 Å². The van der Waals surface area contributed by atoms with Crippen molar-refractivity contribution in [2.24, 2.45) is 0 Å². The van der Waals surface area contributed by atoms with Gasteiger partial charge in [0.25, 0.3) is 5.91 Å². The lowest BCUT2D eigenvalue weighted by atomic mass is 10.2. The first-order valence-electron chi connectivity index (χ1n) is 5.86. The summed E-state index contributed by atoms with van der Waals surface area (Å²) in [6.45, 7) is 0. The van der Waals surface area contributed by atoms with E-state index in [-0.39, 0.29) is 16.6 Å². The summed E-state index contributed by atoms with van der Waals surface area (Å²) in [6.07, 6.45) is 0. The molecule has 0 bridgehead atoms. The molecular formula is C14H7F2IN2OS. The lowest BCUT2D eigenvalue weighted by molar-refractivity contribution is 0.102. The quantitative estimate of drug-likeness (QED) is 0.629. The van der Waals surface area contributed by atoms with Crippen LogP contribution in [0.25, 0.3) is 10.2 Å². The van der Waals surface area contributed by atoms with Crippen LogP contribution in [-0.4, -0.2) is 10.9 Å². The van der Waals surface area contributed by atoms with Crippen LogP contribution in [0.15, 0.2) is 36.4 Å². The molecule has 0 aliphatic carbocycles. The van der Waals surface area contributed by atoms with E-state index in [4.69, 9.17) is 0 Å². The van der Waals surface area contributed by atoms with E-state index in [1.165, 1.54) is 6.07 Å². The van der Waals surface area contributed by atoms with Crippen molar-refractivity contribution in [3.05, 3.63) is 57.2 Å². The number of benzene rings is 2. The summed E-state index contributed by atoms with van der Waals surface area (Å²) < 4.78 is 27.9. The number of thiazole rings is 1. The van der Waals surface area contributed by atoms with Crippen LogP contribution in [0.1, 0.15) is 10.4 Å². The predicted molar refractivity (Wildman–Crippen MR) is 86.6 cm³/mol. The third-order valence-corrected chi connectivity index (χ3v) is 4.61. The van der Waals surface area contributed by atoms with Crippen molar-refractivity contribution >= 4 is 55.2 Å². The topological polar surface area (TPSA) is 42.0 Å². The van der Waals surface area contributed by atoms with Gasteiger partial charge in [-0.25, -0.2) is 13.8 Å². The lowest BCUT2D eigenvalue weighted by Gasteiger charge is -2.03. The maximum Gasteiger partial charge on any atom is 0.258 e. The van der Waals surface area contributed by atoms with Gasteiger partial charge in [0.05, 0.1) is 10.3 Å². The molecule has 1 N–H and O–H groups in total. The number of halogens is 3. The largest absolute Gasteiger partial charge is 0.298 e. The van der Waals surface area contributed by atoms with E-state index in [1.54, 1.807) is 12.1 Å². The average molecular weight is 416 g/mol. The van der Waals surface area contributed by atoms with E-state index < -0.39 is 11.6 Å². The highest BCUT2D eigenvalue weighted by Crippen LogP contribution is 2.29. The van der Waals surface area contributed by atoms with Gasteiger partial charge in [0.1, 0.15) is 11.3 Å². The minimum Gasteiger partial charge on any atom is -0.298 e. The Morgan fingerprint density at radius 2 is 2.00 bits per heavy atom. The minimum atomic E-state index is -0.740. The molecule has 0 saturated carbocycles. The monoisotopic (exact) mass is 416 g/mol. The molecule has 0 atom stereocenters. The highest BCUT2D eigenvalue weighted by atomic mass is 127. The van der Waals surface area contributed by atoms with Gasteiger partial charge in [0.15, 0.2) is 10.9 Å². The first-order chi connectivity index (χ1) is 10.0. The second kappa shape index (κ2) is 5.64. The van der Waals surface area contributed by atoms with Crippen molar-refractivity contribution in [2.45, 2.75) is 0 Å². The molecule has 3 nitrogen and oxygen atoms in total. The molecular weight excluding hydrogens is 409 g/mol. The molecule has 1 amide bonds. The highest BCUT2D eigenvalue weighted by molar-refractivity contribution is 14.1. The number of amides is 1. The van der Waals surface area contributed by atoms with Gasteiger partial charge in [0.2, 0.25) is 0 Å². The molecule has 3 aromatic rings. The van der Waals surface area contributed by atoms with Gasteiger partial charge in [-0.15, -0.1) is 0 Å². The van der Waals surface area contributed by atoms with Gasteiger partial charge >= 0.3 is 0 Å². The molecule has 0 saturated heterocycles. The molecule has 0 spiro atoms. The Labute approximate surface area is 136 Å². The number of anilines is 1. The third kappa shape index (κ3) is 2.88.